The topological polar surface area (TPSA) is 41.3 Å². The van der Waals surface area contributed by atoms with Crippen LogP contribution in [0.4, 0.5) is 0 Å². The van der Waals surface area contributed by atoms with Crippen LogP contribution < -0.4 is 0 Å². The van der Waals surface area contributed by atoms with E-state index in [0.717, 1.165) is 31.6 Å². The number of hydrogen-bond acceptors (Lipinski definition) is 4. The summed E-state index contributed by atoms with van der Waals surface area (Å²) in [7, 11) is 4.03. The molecule has 4 nitrogen and oxygen atoms in total. The van der Waals surface area contributed by atoms with Crippen LogP contribution in [0.25, 0.3) is 0 Å². The fourth-order valence-corrected chi connectivity index (χ4v) is 3.26. The molecule has 0 aromatic carbocycles. The summed E-state index contributed by atoms with van der Waals surface area (Å²) in [5.41, 5.74) is 0.740. The van der Waals surface area contributed by atoms with Crippen LogP contribution in [0.3, 0.4) is 0 Å². The zero-order valence-corrected chi connectivity index (χ0v) is 14.1. The minimum atomic E-state index is -0.554. The van der Waals surface area contributed by atoms with Gasteiger partial charge in [-0.3, -0.25) is 4.68 Å². The highest BCUT2D eigenvalue weighted by atomic mass is 35.5. The molecule has 0 aliphatic heterocycles. The second-order valence-electron chi connectivity index (χ2n) is 5.39. The van der Waals surface area contributed by atoms with E-state index in [9.17, 15) is 5.11 Å². The van der Waals surface area contributed by atoms with Gasteiger partial charge in [-0.1, -0.05) is 17.7 Å². The SMILES string of the molecule is CN(C)CCn1ncc(Cl)c1C(O)CCCc1cccs1. The Morgan fingerprint density at radius 3 is 2.95 bits per heavy atom. The van der Waals surface area contributed by atoms with E-state index in [1.165, 1.54) is 4.88 Å². The quantitative estimate of drug-likeness (QED) is 0.809. The maximum Gasteiger partial charge on any atom is 0.0972 e. The van der Waals surface area contributed by atoms with E-state index >= 15 is 0 Å². The normalized spacial score (nSPS) is 13.0. The summed E-state index contributed by atoms with van der Waals surface area (Å²) < 4.78 is 1.82. The molecular formula is C15H22ClN3OS. The summed E-state index contributed by atoms with van der Waals surface area (Å²) in [5.74, 6) is 0. The van der Waals surface area contributed by atoms with Gasteiger partial charge in [-0.05, 0) is 44.8 Å². The number of nitrogens with zero attached hydrogens (tertiary/aromatic N) is 3. The number of aliphatic hydroxyl groups is 1. The van der Waals surface area contributed by atoms with Crippen molar-refractivity contribution in [3.8, 4) is 0 Å². The van der Waals surface area contributed by atoms with Gasteiger partial charge in [0.1, 0.15) is 0 Å². The Bertz CT molecular complexity index is 539. The molecule has 116 valence electrons. The molecule has 0 amide bonds. The monoisotopic (exact) mass is 327 g/mol. The molecule has 1 unspecified atom stereocenters. The van der Waals surface area contributed by atoms with E-state index in [1.807, 2.05) is 18.8 Å². The van der Waals surface area contributed by atoms with E-state index in [2.05, 4.69) is 27.5 Å². The molecule has 0 aliphatic rings. The van der Waals surface area contributed by atoms with Crippen molar-refractivity contribution in [2.45, 2.75) is 31.9 Å². The maximum absolute atomic E-state index is 10.4. The molecule has 2 aromatic rings. The lowest BCUT2D eigenvalue weighted by atomic mass is 10.1. The number of aliphatic hydroxyl groups excluding tert-OH is 1. The predicted octanol–water partition coefficient (Wildman–Crippen LogP) is 3.22. The minimum absolute atomic E-state index is 0.553. The maximum atomic E-state index is 10.4. The molecule has 0 aliphatic carbocycles. The molecule has 2 rings (SSSR count). The third-order valence-electron chi connectivity index (χ3n) is 3.39. The Kier molecular flexibility index (Phi) is 6.23. The molecule has 0 spiro atoms. The number of aromatic nitrogens is 2. The van der Waals surface area contributed by atoms with E-state index < -0.39 is 6.10 Å². The van der Waals surface area contributed by atoms with Gasteiger partial charge in [0, 0.05) is 11.4 Å². The molecule has 0 fully saturated rings. The molecule has 6 heteroatoms. The van der Waals surface area contributed by atoms with E-state index in [-0.39, 0.29) is 0 Å². The van der Waals surface area contributed by atoms with Gasteiger partial charge < -0.3 is 10.0 Å². The number of likely N-dealkylation sites (N-methyl/N-ethyl adjacent to an activating group) is 1. The zero-order valence-electron chi connectivity index (χ0n) is 12.5. The van der Waals surface area contributed by atoms with Crippen LogP contribution >= 0.6 is 22.9 Å². The van der Waals surface area contributed by atoms with Gasteiger partial charge >= 0.3 is 0 Å². The van der Waals surface area contributed by atoms with Crippen molar-refractivity contribution in [1.29, 1.82) is 0 Å². The van der Waals surface area contributed by atoms with Crippen molar-refractivity contribution in [2.75, 3.05) is 20.6 Å². The summed E-state index contributed by atoms with van der Waals surface area (Å²) >= 11 is 7.94. The minimum Gasteiger partial charge on any atom is -0.387 e. The van der Waals surface area contributed by atoms with Crippen LogP contribution in [0.2, 0.25) is 5.02 Å². The highest BCUT2D eigenvalue weighted by Gasteiger charge is 2.18. The largest absolute Gasteiger partial charge is 0.387 e. The third kappa shape index (κ3) is 4.81. The molecule has 0 saturated carbocycles. The van der Waals surface area contributed by atoms with Gasteiger partial charge in [0.15, 0.2) is 0 Å². The average Bonchev–Trinajstić information content (AvgIpc) is 3.06. The van der Waals surface area contributed by atoms with E-state index in [4.69, 9.17) is 11.6 Å². The number of aryl methyl sites for hydroxylation is 1. The van der Waals surface area contributed by atoms with Crippen LogP contribution in [0.5, 0.6) is 0 Å². The summed E-state index contributed by atoms with van der Waals surface area (Å²) in [6.07, 6.45) is 3.71. The lowest BCUT2D eigenvalue weighted by molar-refractivity contribution is 0.152. The second-order valence-corrected chi connectivity index (χ2v) is 6.83. The number of hydrogen-bond donors (Lipinski definition) is 1. The Hall–Kier alpha value is -0.880. The van der Waals surface area contributed by atoms with Crippen molar-refractivity contribution in [3.63, 3.8) is 0 Å². The molecule has 1 atom stereocenters. The summed E-state index contributed by atoms with van der Waals surface area (Å²) in [4.78, 5) is 3.44. The lowest BCUT2D eigenvalue weighted by Gasteiger charge is -2.16. The molecule has 0 bridgehead atoms. The summed E-state index contributed by atoms with van der Waals surface area (Å²) in [6, 6.07) is 4.19. The van der Waals surface area contributed by atoms with Crippen molar-refractivity contribution < 1.29 is 5.11 Å². The van der Waals surface area contributed by atoms with Gasteiger partial charge in [-0.15, -0.1) is 11.3 Å². The van der Waals surface area contributed by atoms with E-state index in [1.54, 1.807) is 17.5 Å². The van der Waals surface area contributed by atoms with Gasteiger partial charge in [0.2, 0.25) is 0 Å². The molecule has 0 saturated heterocycles. The van der Waals surface area contributed by atoms with Gasteiger partial charge in [0.05, 0.1) is 29.6 Å². The lowest BCUT2D eigenvalue weighted by Crippen LogP contribution is -2.21. The standard InChI is InChI=1S/C15H22ClN3OS/c1-18(2)8-9-19-15(13(16)11-17-19)14(20)7-3-5-12-6-4-10-21-12/h4,6,10-11,14,20H,3,5,7-9H2,1-2H3. The molecule has 1 N–H and O–H groups in total. The van der Waals surface area contributed by atoms with Crippen LogP contribution in [0.1, 0.15) is 29.5 Å². The molecular weight excluding hydrogens is 306 g/mol. The Labute approximate surface area is 135 Å². The van der Waals surface area contributed by atoms with Crippen LogP contribution in [-0.2, 0) is 13.0 Å². The first-order valence-corrected chi connectivity index (χ1v) is 8.40. The summed E-state index contributed by atoms with van der Waals surface area (Å²) in [6.45, 7) is 1.60. The van der Waals surface area contributed by atoms with Crippen molar-refractivity contribution in [3.05, 3.63) is 39.3 Å². The van der Waals surface area contributed by atoms with Crippen molar-refractivity contribution >= 4 is 22.9 Å². The molecule has 2 aromatic heterocycles. The summed E-state index contributed by atoms with van der Waals surface area (Å²) in [5, 5.41) is 17.3. The van der Waals surface area contributed by atoms with Crippen LogP contribution in [0, 0.1) is 0 Å². The first kappa shape index (κ1) is 16.5. The van der Waals surface area contributed by atoms with Gasteiger partial charge in [0.25, 0.3) is 0 Å². The molecule has 2 heterocycles. The zero-order chi connectivity index (χ0) is 15.2. The number of halogens is 1. The highest BCUT2D eigenvalue weighted by molar-refractivity contribution is 7.09. The highest BCUT2D eigenvalue weighted by Crippen LogP contribution is 2.27. The molecule has 0 radical (unpaired) electrons. The number of rotatable bonds is 8. The van der Waals surface area contributed by atoms with Crippen molar-refractivity contribution in [1.82, 2.24) is 14.7 Å². The fraction of sp³-hybridized carbons (Fsp3) is 0.533. The fourth-order valence-electron chi connectivity index (χ4n) is 2.24. The predicted molar refractivity (Wildman–Crippen MR) is 88.0 cm³/mol. The van der Waals surface area contributed by atoms with Gasteiger partial charge in [-0.25, -0.2) is 0 Å². The first-order valence-electron chi connectivity index (χ1n) is 7.14. The van der Waals surface area contributed by atoms with Crippen LogP contribution in [0.15, 0.2) is 23.7 Å². The third-order valence-corrected chi connectivity index (χ3v) is 4.62. The van der Waals surface area contributed by atoms with Gasteiger partial charge in [-0.2, -0.15) is 5.10 Å². The van der Waals surface area contributed by atoms with Crippen molar-refractivity contribution in [2.24, 2.45) is 0 Å². The smallest absolute Gasteiger partial charge is 0.0972 e. The van der Waals surface area contributed by atoms with E-state index in [0.29, 0.717) is 11.4 Å². The van der Waals surface area contributed by atoms with Crippen LogP contribution in [-0.4, -0.2) is 40.4 Å². The first-order chi connectivity index (χ1) is 10.1. The average molecular weight is 328 g/mol. The molecule has 21 heavy (non-hydrogen) atoms. The second kappa shape index (κ2) is 7.94. The Balaban J connectivity index is 1.91. The number of thiophene rings is 1. The Morgan fingerprint density at radius 2 is 2.29 bits per heavy atom. The Morgan fingerprint density at radius 1 is 1.48 bits per heavy atom.